The Morgan fingerprint density at radius 3 is 1.30 bits per heavy atom. The Morgan fingerprint density at radius 1 is 0.700 bits per heavy atom. The van der Waals surface area contributed by atoms with Crippen LogP contribution >= 0.6 is 0 Å². The third-order valence-corrected chi connectivity index (χ3v) is 2.93. The molecule has 0 aliphatic carbocycles. The molecular formula is C9H3F6N5. The van der Waals surface area contributed by atoms with Gasteiger partial charge in [-0.1, -0.05) is 0 Å². The standard InChI is InChI=1S/C9H3F6N5/c10-8(11,12)6(17-18-6)4-1-5(3-16-2-4)7(19-20-7)9(13,14)15/h1-3H. The molecule has 3 rings (SSSR count). The number of aromatic nitrogens is 1. The summed E-state index contributed by atoms with van der Waals surface area (Å²) in [5.41, 5.74) is -6.83. The van der Waals surface area contributed by atoms with Crippen LogP contribution < -0.4 is 0 Å². The van der Waals surface area contributed by atoms with Gasteiger partial charge in [-0.05, 0) is 6.07 Å². The number of nitrogens with zero attached hydrogens (tertiary/aromatic N) is 5. The monoisotopic (exact) mass is 295 g/mol. The largest absolute Gasteiger partial charge is 0.442 e. The number of hydrogen-bond acceptors (Lipinski definition) is 5. The molecule has 0 aromatic carbocycles. The first-order valence-electron chi connectivity index (χ1n) is 5.10. The molecule has 0 amide bonds. The Kier molecular flexibility index (Phi) is 2.15. The summed E-state index contributed by atoms with van der Waals surface area (Å²) in [4.78, 5) is 3.38. The Balaban J connectivity index is 2.01. The average molecular weight is 295 g/mol. The summed E-state index contributed by atoms with van der Waals surface area (Å²) < 4.78 is 76.7. The van der Waals surface area contributed by atoms with E-state index in [1.54, 1.807) is 0 Å². The Hall–Kier alpha value is -2.07. The van der Waals surface area contributed by atoms with Gasteiger partial charge in [0.05, 0.1) is 0 Å². The molecule has 106 valence electrons. The molecule has 0 unspecified atom stereocenters. The van der Waals surface area contributed by atoms with Crippen molar-refractivity contribution in [1.82, 2.24) is 4.98 Å². The van der Waals surface area contributed by atoms with Crippen LogP contribution in [0.2, 0.25) is 0 Å². The van der Waals surface area contributed by atoms with Crippen LogP contribution in [0.5, 0.6) is 0 Å². The van der Waals surface area contributed by atoms with Gasteiger partial charge < -0.3 is 0 Å². The lowest BCUT2D eigenvalue weighted by Crippen LogP contribution is -2.33. The fraction of sp³-hybridized carbons (Fsp3) is 0.444. The highest BCUT2D eigenvalue weighted by atomic mass is 19.4. The van der Waals surface area contributed by atoms with Crippen LogP contribution in [0.1, 0.15) is 11.1 Å². The highest BCUT2D eigenvalue weighted by Crippen LogP contribution is 2.55. The molecule has 20 heavy (non-hydrogen) atoms. The summed E-state index contributed by atoms with van der Waals surface area (Å²) >= 11 is 0. The van der Waals surface area contributed by atoms with Crippen molar-refractivity contribution in [1.29, 1.82) is 0 Å². The summed E-state index contributed by atoms with van der Waals surface area (Å²) in [5, 5.41) is 11.6. The maximum Gasteiger partial charge on any atom is 0.442 e. The first-order valence-corrected chi connectivity index (χ1v) is 5.10. The van der Waals surface area contributed by atoms with E-state index in [0.717, 1.165) is 12.4 Å². The zero-order valence-corrected chi connectivity index (χ0v) is 9.24. The van der Waals surface area contributed by atoms with Gasteiger partial charge in [0.15, 0.2) is 0 Å². The normalized spacial score (nSPS) is 21.9. The van der Waals surface area contributed by atoms with Crippen molar-refractivity contribution in [3.63, 3.8) is 0 Å². The van der Waals surface area contributed by atoms with E-state index in [2.05, 4.69) is 25.4 Å². The Morgan fingerprint density at radius 2 is 1.05 bits per heavy atom. The van der Waals surface area contributed by atoms with E-state index in [4.69, 9.17) is 0 Å². The molecule has 1 aromatic heterocycles. The van der Waals surface area contributed by atoms with Crippen molar-refractivity contribution < 1.29 is 26.3 Å². The SMILES string of the molecule is FC(F)(F)C1(c2cncc(C3(C(F)(F)F)N=N3)c2)N=N1. The van der Waals surface area contributed by atoms with E-state index in [-0.39, 0.29) is 0 Å². The average Bonchev–Trinajstić information content (AvgIpc) is 3.20. The maximum absolute atomic E-state index is 12.8. The third kappa shape index (κ3) is 1.55. The molecule has 0 fully saturated rings. The van der Waals surface area contributed by atoms with Crippen LogP contribution in [-0.4, -0.2) is 17.3 Å². The van der Waals surface area contributed by atoms with Gasteiger partial charge in [-0.3, -0.25) is 4.98 Å². The molecule has 0 atom stereocenters. The molecule has 0 spiro atoms. The second-order valence-electron chi connectivity index (χ2n) is 4.20. The summed E-state index contributed by atoms with van der Waals surface area (Å²) in [6, 6.07) is 0.675. The number of hydrogen-bond donors (Lipinski definition) is 0. The molecule has 11 heteroatoms. The number of rotatable bonds is 2. The zero-order chi connectivity index (χ0) is 14.8. The predicted octanol–water partition coefficient (Wildman–Crippen LogP) is 3.44. The molecular weight excluding hydrogens is 292 g/mol. The van der Waals surface area contributed by atoms with Gasteiger partial charge >= 0.3 is 23.7 Å². The maximum atomic E-state index is 12.8. The van der Waals surface area contributed by atoms with Crippen LogP contribution in [0, 0.1) is 0 Å². The highest BCUT2D eigenvalue weighted by molar-refractivity contribution is 5.36. The highest BCUT2D eigenvalue weighted by Gasteiger charge is 2.68. The van der Waals surface area contributed by atoms with Crippen molar-refractivity contribution in [2.45, 2.75) is 23.7 Å². The van der Waals surface area contributed by atoms with Gasteiger partial charge in [0.2, 0.25) is 0 Å². The molecule has 0 saturated heterocycles. The van der Waals surface area contributed by atoms with Crippen LogP contribution in [0.4, 0.5) is 26.3 Å². The lowest BCUT2D eigenvalue weighted by atomic mass is 9.98. The van der Waals surface area contributed by atoms with Crippen molar-refractivity contribution in [2.75, 3.05) is 0 Å². The van der Waals surface area contributed by atoms with Crippen molar-refractivity contribution in [2.24, 2.45) is 20.5 Å². The predicted molar refractivity (Wildman–Crippen MR) is 49.4 cm³/mol. The molecule has 0 saturated carbocycles. The van der Waals surface area contributed by atoms with Crippen molar-refractivity contribution in [3.05, 3.63) is 29.6 Å². The smallest absolute Gasteiger partial charge is 0.264 e. The van der Waals surface area contributed by atoms with E-state index in [1.807, 2.05) is 0 Å². The summed E-state index contributed by atoms with van der Waals surface area (Å²) in [6.45, 7) is 0. The number of pyridine rings is 1. The minimum Gasteiger partial charge on any atom is -0.264 e. The summed E-state index contributed by atoms with van der Waals surface area (Å²) in [7, 11) is 0. The quantitative estimate of drug-likeness (QED) is 0.771. The first-order chi connectivity index (χ1) is 9.12. The first kappa shape index (κ1) is 12.9. The Labute approximate surface area is 106 Å². The topological polar surface area (TPSA) is 62.3 Å². The van der Waals surface area contributed by atoms with E-state index >= 15 is 0 Å². The molecule has 0 N–H and O–H groups in total. The summed E-state index contributed by atoms with van der Waals surface area (Å²) in [6.07, 6.45) is -8.14. The van der Waals surface area contributed by atoms with Gasteiger partial charge in [0.1, 0.15) is 0 Å². The molecule has 1 aromatic rings. The Bertz CT molecular complexity index is 567. The van der Waals surface area contributed by atoms with E-state index < -0.39 is 34.8 Å². The minimum atomic E-state index is -4.84. The van der Waals surface area contributed by atoms with E-state index in [0.29, 0.717) is 6.07 Å². The zero-order valence-electron chi connectivity index (χ0n) is 9.24. The molecule has 5 nitrogen and oxygen atoms in total. The second kappa shape index (κ2) is 3.33. The van der Waals surface area contributed by atoms with Gasteiger partial charge in [-0.2, -0.15) is 26.3 Å². The van der Waals surface area contributed by atoms with Crippen LogP contribution in [0.25, 0.3) is 0 Å². The lowest BCUT2D eigenvalue weighted by molar-refractivity contribution is -0.167. The molecule has 0 radical (unpaired) electrons. The fourth-order valence-electron chi connectivity index (χ4n) is 1.71. The minimum absolute atomic E-state index is 0.594. The fourth-order valence-corrected chi connectivity index (χ4v) is 1.71. The van der Waals surface area contributed by atoms with Gasteiger partial charge in [0, 0.05) is 23.5 Å². The lowest BCUT2D eigenvalue weighted by Gasteiger charge is -2.18. The van der Waals surface area contributed by atoms with Gasteiger partial charge in [-0.15, -0.1) is 20.5 Å². The van der Waals surface area contributed by atoms with Crippen molar-refractivity contribution in [3.8, 4) is 0 Å². The molecule has 2 aliphatic rings. The van der Waals surface area contributed by atoms with E-state index in [1.165, 1.54) is 0 Å². The number of alkyl halides is 6. The van der Waals surface area contributed by atoms with Gasteiger partial charge in [-0.25, -0.2) is 0 Å². The second-order valence-corrected chi connectivity index (χ2v) is 4.20. The molecule has 0 bridgehead atoms. The third-order valence-electron chi connectivity index (χ3n) is 2.93. The van der Waals surface area contributed by atoms with Crippen LogP contribution in [-0.2, 0) is 11.3 Å². The van der Waals surface area contributed by atoms with Crippen molar-refractivity contribution >= 4 is 0 Å². The summed E-state index contributed by atoms with van der Waals surface area (Å²) in [5.74, 6) is 0. The molecule has 2 aliphatic heterocycles. The van der Waals surface area contributed by atoms with Crippen LogP contribution in [0.15, 0.2) is 38.9 Å². The van der Waals surface area contributed by atoms with Gasteiger partial charge in [0.25, 0.3) is 0 Å². The number of halogens is 6. The van der Waals surface area contributed by atoms with E-state index in [9.17, 15) is 26.3 Å². The molecule has 3 heterocycles. The van der Waals surface area contributed by atoms with Crippen LogP contribution in [0.3, 0.4) is 0 Å².